The Bertz CT molecular complexity index is 1300. The van der Waals surface area contributed by atoms with Crippen molar-refractivity contribution in [2.24, 2.45) is 22.9 Å². The van der Waals surface area contributed by atoms with Crippen molar-refractivity contribution in [2.75, 3.05) is 41.0 Å². The molecule has 1 N–H and O–H groups in total. The number of rotatable bonds is 4. The molecule has 1 aromatic carbocycles. The summed E-state index contributed by atoms with van der Waals surface area (Å²) in [6, 6.07) is 5.99. The van der Waals surface area contributed by atoms with Crippen LogP contribution in [0.25, 0.3) is 0 Å². The zero-order valence-electron chi connectivity index (χ0n) is 26.6. The molecule has 5 aliphatic heterocycles. The minimum atomic E-state index is -0.123. The lowest BCUT2D eigenvalue weighted by Crippen LogP contribution is -2.46. The van der Waals surface area contributed by atoms with Crippen LogP contribution in [0.3, 0.4) is 0 Å². The molecule has 2 aliphatic carbocycles. The molecular weight excluding hydrogens is 554 g/mol. The molecule has 8 nitrogen and oxygen atoms in total. The average Bonchev–Trinajstić information content (AvgIpc) is 3.52. The summed E-state index contributed by atoms with van der Waals surface area (Å²) >= 11 is 0. The second kappa shape index (κ2) is 14.4. The Labute approximate surface area is 262 Å². The van der Waals surface area contributed by atoms with Crippen LogP contribution >= 0.6 is 0 Å². The maximum atomic E-state index is 13.8. The van der Waals surface area contributed by atoms with Crippen LogP contribution in [0.5, 0.6) is 11.5 Å². The van der Waals surface area contributed by atoms with E-state index >= 15 is 0 Å². The second-order valence-corrected chi connectivity index (χ2v) is 12.9. The molecule has 0 saturated carbocycles. The smallest absolute Gasteiger partial charge is 0.246 e. The number of carbonyl (C=O) groups is 1. The Morgan fingerprint density at radius 1 is 0.932 bits per heavy atom. The highest BCUT2D eigenvalue weighted by Gasteiger charge is 2.42. The molecule has 8 heteroatoms. The van der Waals surface area contributed by atoms with Crippen LogP contribution in [0.4, 0.5) is 0 Å². The first-order chi connectivity index (χ1) is 21.6. The van der Waals surface area contributed by atoms with Gasteiger partial charge in [0.2, 0.25) is 5.91 Å². The number of amides is 1. The molecule has 7 aliphatic rings. The Morgan fingerprint density at radius 2 is 1.75 bits per heavy atom. The van der Waals surface area contributed by atoms with E-state index in [1.165, 1.54) is 11.1 Å². The van der Waals surface area contributed by atoms with Gasteiger partial charge >= 0.3 is 0 Å². The molecule has 238 valence electrons. The highest BCUT2D eigenvalue weighted by atomic mass is 16.5. The van der Waals surface area contributed by atoms with Gasteiger partial charge in [-0.05, 0) is 100 Å². The molecule has 1 saturated heterocycles. The maximum Gasteiger partial charge on any atom is 0.246 e. The highest BCUT2D eigenvalue weighted by molar-refractivity contribution is 6.07. The van der Waals surface area contributed by atoms with E-state index in [9.17, 15) is 4.79 Å². The molecule has 0 spiro atoms. The first-order valence-electron chi connectivity index (χ1n) is 16.7. The number of hydrogen-bond donors (Lipinski definition) is 1. The van der Waals surface area contributed by atoms with Gasteiger partial charge in [0.05, 0.1) is 44.2 Å². The molecule has 1 amide bonds. The van der Waals surface area contributed by atoms with Gasteiger partial charge in [0.15, 0.2) is 11.5 Å². The number of nitrogens with one attached hydrogen (secondary N) is 1. The van der Waals surface area contributed by atoms with Crippen LogP contribution in [-0.4, -0.2) is 75.9 Å². The monoisotopic (exact) mass is 603 g/mol. The molecule has 8 rings (SSSR count). The van der Waals surface area contributed by atoms with Gasteiger partial charge in [-0.1, -0.05) is 30.7 Å². The maximum absolute atomic E-state index is 13.8. The molecule has 6 atom stereocenters. The first-order valence-corrected chi connectivity index (χ1v) is 16.7. The molecule has 44 heavy (non-hydrogen) atoms. The van der Waals surface area contributed by atoms with Gasteiger partial charge in [-0.2, -0.15) is 5.10 Å². The van der Waals surface area contributed by atoms with Crippen molar-refractivity contribution in [3.63, 3.8) is 0 Å². The average molecular weight is 604 g/mol. The van der Waals surface area contributed by atoms with Crippen molar-refractivity contribution in [1.82, 2.24) is 10.3 Å². The van der Waals surface area contributed by atoms with Crippen molar-refractivity contribution < 1.29 is 23.7 Å². The Hall–Kier alpha value is -2.94. The zero-order chi connectivity index (χ0) is 30.5. The van der Waals surface area contributed by atoms with E-state index in [1.807, 2.05) is 18.2 Å². The summed E-state index contributed by atoms with van der Waals surface area (Å²) in [6.45, 7) is 2.62. The summed E-state index contributed by atoms with van der Waals surface area (Å²) in [4.78, 5) is 13.8. The van der Waals surface area contributed by atoms with E-state index in [4.69, 9.17) is 24.0 Å². The zero-order valence-corrected chi connectivity index (χ0v) is 26.6. The van der Waals surface area contributed by atoms with Crippen LogP contribution in [-0.2, 0) is 14.3 Å². The fourth-order valence-corrected chi connectivity index (χ4v) is 7.66. The lowest BCUT2D eigenvalue weighted by Gasteiger charge is -2.39. The number of ether oxygens (including phenoxy) is 4. The molecule has 8 bridgehead atoms. The lowest BCUT2D eigenvalue weighted by atomic mass is 9.71. The van der Waals surface area contributed by atoms with E-state index in [2.05, 4.69) is 29.6 Å². The fraction of sp³-hybridized carbons (Fsp3) is 0.611. The molecule has 0 aromatic heterocycles. The first kappa shape index (κ1) is 31.1. The summed E-state index contributed by atoms with van der Waals surface area (Å²) in [6.07, 6.45) is 20.0. The van der Waals surface area contributed by atoms with E-state index in [-0.39, 0.29) is 23.8 Å². The van der Waals surface area contributed by atoms with E-state index in [0.29, 0.717) is 42.6 Å². The third-order valence-electron chi connectivity index (χ3n) is 10.2. The third kappa shape index (κ3) is 6.82. The summed E-state index contributed by atoms with van der Waals surface area (Å²) in [5.41, 5.74) is 4.49. The predicted octanol–water partition coefficient (Wildman–Crippen LogP) is 5.82. The van der Waals surface area contributed by atoms with Crippen molar-refractivity contribution >= 4 is 11.6 Å². The van der Waals surface area contributed by atoms with Crippen LogP contribution in [0.15, 0.2) is 58.8 Å². The van der Waals surface area contributed by atoms with Gasteiger partial charge in [0.1, 0.15) is 0 Å². The van der Waals surface area contributed by atoms with E-state index in [0.717, 1.165) is 82.2 Å². The number of benzene rings is 1. The fourth-order valence-electron chi connectivity index (χ4n) is 7.66. The summed E-state index contributed by atoms with van der Waals surface area (Å²) < 4.78 is 23.5. The minimum Gasteiger partial charge on any atom is -0.493 e. The molecule has 1 aromatic rings. The SMILES string of the molecule is COc1ccc(C2=NN3CCCCCNCCC4CCC(CCC5C=C(C=CC5OC)C5=CCC(C3=O)C2C5)O4)cc1OC. The number of fused-ring (bicyclic) bond motifs is 1. The van der Waals surface area contributed by atoms with Crippen molar-refractivity contribution in [1.29, 1.82) is 0 Å². The molecule has 5 heterocycles. The summed E-state index contributed by atoms with van der Waals surface area (Å²) in [5, 5.41) is 10.4. The number of nitrogens with zero attached hydrogens (tertiary/aromatic N) is 2. The normalized spacial score (nSPS) is 31.5. The van der Waals surface area contributed by atoms with Crippen molar-refractivity contribution in [2.45, 2.75) is 82.5 Å². The van der Waals surface area contributed by atoms with Gasteiger partial charge in [-0.3, -0.25) is 4.79 Å². The minimum absolute atomic E-state index is 0.00405. The molecular formula is C36H49N3O5. The topological polar surface area (TPSA) is 81.6 Å². The number of allylic oxidation sites excluding steroid dienone is 4. The Balaban J connectivity index is 1.30. The van der Waals surface area contributed by atoms with Gasteiger partial charge in [0.25, 0.3) is 0 Å². The van der Waals surface area contributed by atoms with E-state index in [1.54, 1.807) is 26.3 Å². The second-order valence-electron chi connectivity index (χ2n) is 12.9. The highest BCUT2D eigenvalue weighted by Crippen LogP contribution is 2.42. The summed E-state index contributed by atoms with van der Waals surface area (Å²) in [5.74, 6) is 1.67. The number of hydrazone groups is 1. The van der Waals surface area contributed by atoms with Crippen LogP contribution in [0.2, 0.25) is 0 Å². The quantitative estimate of drug-likeness (QED) is 0.467. The molecule has 6 unspecified atom stereocenters. The standard InChI is InChI=1S/C36H49N3O5/c1-41-32-15-9-24-21-26(32)7-11-28-12-13-29(44-28)17-19-37-18-5-4-6-20-39-36(40)30-14-8-25(24)22-31(30)35(38-39)27-10-16-33(42-2)34(23-27)43-3/h8-10,15-16,21,23,26,28-32,37H,4-7,11-14,17-20,22H2,1-3H3. The summed E-state index contributed by atoms with van der Waals surface area (Å²) in [7, 11) is 5.11. The number of methoxy groups -OCH3 is 3. The predicted molar refractivity (Wildman–Crippen MR) is 172 cm³/mol. The van der Waals surface area contributed by atoms with Gasteiger partial charge in [-0.25, -0.2) is 5.01 Å². The van der Waals surface area contributed by atoms with Gasteiger partial charge < -0.3 is 24.3 Å². The number of hydrogen-bond acceptors (Lipinski definition) is 7. The largest absolute Gasteiger partial charge is 0.493 e. The van der Waals surface area contributed by atoms with E-state index < -0.39 is 0 Å². The Kier molecular flexibility index (Phi) is 10.2. The van der Waals surface area contributed by atoms with Gasteiger partial charge in [0, 0.05) is 31.1 Å². The van der Waals surface area contributed by atoms with Crippen LogP contribution < -0.4 is 14.8 Å². The Morgan fingerprint density at radius 3 is 2.57 bits per heavy atom. The van der Waals surface area contributed by atoms with Crippen molar-refractivity contribution in [3.05, 3.63) is 59.2 Å². The lowest BCUT2D eigenvalue weighted by molar-refractivity contribution is -0.138. The van der Waals surface area contributed by atoms with Gasteiger partial charge in [-0.15, -0.1) is 0 Å². The third-order valence-corrected chi connectivity index (χ3v) is 10.2. The molecule has 0 radical (unpaired) electrons. The van der Waals surface area contributed by atoms with Crippen LogP contribution in [0, 0.1) is 17.8 Å². The molecule has 1 fully saturated rings. The van der Waals surface area contributed by atoms with Crippen LogP contribution in [0.1, 0.15) is 69.8 Å². The van der Waals surface area contributed by atoms with Crippen molar-refractivity contribution in [3.8, 4) is 11.5 Å². The number of carbonyl (C=O) groups excluding carboxylic acids is 1.